The lowest BCUT2D eigenvalue weighted by Gasteiger charge is -2.32. The van der Waals surface area contributed by atoms with Crippen LogP contribution in [0.25, 0.3) is 0 Å². The molecule has 0 aliphatic carbocycles. The van der Waals surface area contributed by atoms with E-state index in [2.05, 4.69) is 0 Å². The fourth-order valence-electron chi connectivity index (χ4n) is 3.00. The summed E-state index contributed by atoms with van der Waals surface area (Å²) in [6.45, 7) is 1.16. The van der Waals surface area contributed by atoms with Crippen LogP contribution in [0.1, 0.15) is 24.8 Å². The summed E-state index contributed by atoms with van der Waals surface area (Å²) in [5.41, 5.74) is 7.04. The van der Waals surface area contributed by atoms with Gasteiger partial charge in [0.25, 0.3) is 0 Å². The van der Waals surface area contributed by atoms with Crippen LogP contribution in [0.2, 0.25) is 0 Å². The zero-order valence-corrected chi connectivity index (χ0v) is 13.2. The van der Waals surface area contributed by atoms with Crippen molar-refractivity contribution in [3.05, 3.63) is 35.6 Å². The van der Waals surface area contributed by atoms with Crippen molar-refractivity contribution in [2.24, 2.45) is 11.7 Å². The first kappa shape index (κ1) is 16.4. The van der Waals surface area contributed by atoms with Crippen molar-refractivity contribution in [3.8, 4) is 0 Å². The molecule has 2 unspecified atom stereocenters. The molecule has 2 rings (SSSR count). The molecule has 2 N–H and O–H groups in total. The van der Waals surface area contributed by atoms with E-state index < -0.39 is 10.0 Å². The molecule has 0 spiro atoms. The van der Waals surface area contributed by atoms with Gasteiger partial charge in [-0.05, 0) is 49.3 Å². The van der Waals surface area contributed by atoms with E-state index in [1.165, 1.54) is 22.7 Å². The molecule has 21 heavy (non-hydrogen) atoms. The molecule has 1 aliphatic heterocycles. The van der Waals surface area contributed by atoms with Gasteiger partial charge in [-0.2, -0.15) is 0 Å². The van der Waals surface area contributed by atoms with Crippen molar-refractivity contribution in [3.63, 3.8) is 0 Å². The Morgan fingerprint density at radius 2 is 2.24 bits per heavy atom. The minimum absolute atomic E-state index is 0.0729. The maximum absolute atomic E-state index is 13.1. The highest BCUT2D eigenvalue weighted by Gasteiger charge is 2.26. The molecule has 1 aromatic rings. The number of nitrogens with zero attached hydrogens (tertiary/aromatic N) is 1. The summed E-state index contributed by atoms with van der Waals surface area (Å²) in [6, 6.07) is 6.40. The van der Waals surface area contributed by atoms with Crippen molar-refractivity contribution in [1.29, 1.82) is 0 Å². The topological polar surface area (TPSA) is 63.4 Å². The lowest BCUT2D eigenvalue weighted by molar-refractivity contribution is 0.246. The van der Waals surface area contributed by atoms with Crippen LogP contribution in [0.3, 0.4) is 0 Å². The van der Waals surface area contributed by atoms with E-state index in [1.54, 1.807) is 6.07 Å². The number of benzene rings is 1. The average molecular weight is 314 g/mol. The summed E-state index contributed by atoms with van der Waals surface area (Å²) >= 11 is 0. The summed E-state index contributed by atoms with van der Waals surface area (Å²) in [7, 11) is -3.12. The standard InChI is InChI=1S/C15H23FN2O2S/c1-21(19,20)18-7-3-5-13(11-18)10-15(17)9-12-4-2-6-14(16)8-12/h2,4,6,8,13,15H,3,5,7,9-11,17H2,1H3. The molecular formula is C15H23FN2O2S. The number of rotatable bonds is 5. The predicted octanol–water partition coefficient (Wildman–Crippen LogP) is 1.76. The Bertz CT molecular complexity index is 577. The first-order valence-electron chi connectivity index (χ1n) is 7.30. The van der Waals surface area contributed by atoms with Gasteiger partial charge in [0.2, 0.25) is 10.0 Å². The molecule has 0 saturated carbocycles. The minimum atomic E-state index is -3.12. The third-order valence-corrected chi connectivity index (χ3v) is 5.24. The maximum Gasteiger partial charge on any atom is 0.211 e. The molecule has 4 nitrogen and oxygen atoms in total. The highest BCUT2D eigenvalue weighted by Crippen LogP contribution is 2.23. The minimum Gasteiger partial charge on any atom is -0.327 e. The SMILES string of the molecule is CS(=O)(=O)N1CCCC(CC(N)Cc2cccc(F)c2)C1. The van der Waals surface area contributed by atoms with E-state index >= 15 is 0 Å². The average Bonchev–Trinajstić information content (AvgIpc) is 2.37. The van der Waals surface area contributed by atoms with Gasteiger partial charge in [-0.25, -0.2) is 17.1 Å². The van der Waals surface area contributed by atoms with Crippen molar-refractivity contribution >= 4 is 10.0 Å². The molecule has 0 aromatic heterocycles. The van der Waals surface area contributed by atoms with Crippen molar-refractivity contribution in [1.82, 2.24) is 4.31 Å². The van der Waals surface area contributed by atoms with Gasteiger partial charge < -0.3 is 5.73 Å². The lowest BCUT2D eigenvalue weighted by Crippen LogP contribution is -2.41. The van der Waals surface area contributed by atoms with E-state index in [9.17, 15) is 12.8 Å². The van der Waals surface area contributed by atoms with Crippen LogP contribution in [0, 0.1) is 11.7 Å². The Morgan fingerprint density at radius 3 is 2.90 bits per heavy atom. The van der Waals surface area contributed by atoms with Gasteiger partial charge in [-0.1, -0.05) is 12.1 Å². The molecule has 0 amide bonds. The molecule has 2 atom stereocenters. The molecular weight excluding hydrogens is 291 g/mol. The third kappa shape index (κ3) is 5.05. The normalized spacial score (nSPS) is 22.1. The number of piperidine rings is 1. The fraction of sp³-hybridized carbons (Fsp3) is 0.600. The molecule has 6 heteroatoms. The number of nitrogens with two attached hydrogens (primary N) is 1. The van der Waals surface area contributed by atoms with Crippen LogP contribution in [0.5, 0.6) is 0 Å². The Labute approximate surface area is 126 Å². The molecule has 1 aromatic carbocycles. The third-order valence-electron chi connectivity index (χ3n) is 3.97. The van der Waals surface area contributed by atoms with E-state index in [-0.39, 0.29) is 17.8 Å². The Balaban J connectivity index is 1.89. The van der Waals surface area contributed by atoms with Crippen LogP contribution >= 0.6 is 0 Å². The van der Waals surface area contributed by atoms with Crippen LogP contribution < -0.4 is 5.73 Å². The van der Waals surface area contributed by atoms with Gasteiger partial charge >= 0.3 is 0 Å². The largest absolute Gasteiger partial charge is 0.327 e. The van der Waals surface area contributed by atoms with Crippen molar-refractivity contribution in [2.45, 2.75) is 31.7 Å². The highest BCUT2D eigenvalue weighted by atomic mass is 32.2. The van der Waals surface area contributed by atoms with Gasteiger partial charge in [0.05, 0.1) is 6.26 Å². The van der Waals surface area contributed by atoms with Gasteiger partial charge in [-0.3, -0.25) is 0 Å². The molecule has 0 bridgehead atoms. The number of hydrogen-bond acceptors (Lipinski definition) is 3. The van der Waals surface area contributed by atoms with Gasteiger partial charge in [-0.15, -0.1) is 0 Å². The summed E-state index contributed by atoms with van der Waals surface area (Å²) in [4.78, 5) is 0. The molecule has 1 heterocycles. The predicted molar refractivity (Wildman–Crippen MR) is 81.8 cm³/mol. The van der Waals surface area contributed by atoms with Crippen LogP contribution in [0.15, 0.2) is 24.3 Å². The molecule has 118 valence electrons. The van der Waals surface area contributed by atoms with Gasteiger partial charge in [0.1, 0.15) is 5.82 Å². The van der Waals surface area contributed by atoms with Crippen LogP contribution in [-0.4, -0.2) is 38.1 Å². The summed E-state index contributed by atoms with van der Waals surface area (Å²) in [5.74, 6) is 0.0395. The number of halogens is 1. The lowest BCUT2D eigenvalue weighted by atomic mass is 9.90. The quantitative estimate of drug-likeness (QED) is 0.901. The Kier molecular flexibility index (Phi) is 5.35. The van der Waals surface area contributed by atoms with Gasteiger partial charge in [0, 0.05) is 19.1 Å². The Morgan fingerprint density at radius 1 is 1.48 bits per heavy atom. The van der Waals surface area contributed by atoms with Crippen molar-refractivity contribution < 1.29 is 12.8 Å². The summed E-state index contributed by atoms with van der Waals surface area (Å²) in [5, 5.41) is 0. The monoisotopic (exact) mass is 314 g/mol. The molecule has 1 saturated heterocycles. The zero-order valence-electron chi connectivity index (χ0n) is 12.3. The van der Waals surface area contributed by atoms with Crippen LogP contribution in [-0.2, 0) is 16.4 Å². The smallest absolute Gasteiger partial charge is 0.211 e. The molecule has 1 aliphatic rings. The van der Waals surface area contributed by atoms with Crippen molar-refractivity contribution in [2.75, 3.05) is 19.3 Å². The highest BCUT2D eigenvalue weighted by molar-refractivity contribution is 7.88. The van der Waals surface area contributed by atoms with E-state index in [0.29, 0.717) is 19.5 Å². The Hall–Kier alpha value is -0.980. The fourth-order valence-corrected chi connectivity index (χ4v) is 3.94. The zero-order chi connectivity index (χ0) is 15.5. The van der Waals surface area contributed by atoms with Gasteiger partial charge in [0.15, 0.2) is 0 Å². The second kappa shape index (κ2) is 6.85. The maximum atomic E-state index is 13.1. The second-order valence-electron chi connectivity index (χ2n) is 5.96. The number of sulfonamides is 1. The van der Waals surface area contributed by atoms with Crippen LogP contribution in [0.4, 0.5) is 4.39 Å². The van der Waals surface area contributed by atoms with E-state index in [0.717, 1.165) is 24.8 Å². The first-order valence-corrected chi connectivity index (χ1v) is 9.14. The number of hydrogen-bond donors (Lipinski definition) is 1. The molecule has 0 radical (unpaired) electrons. The summed E-state index contributed by atoms with van der Waals surface area (Å²) < 4.78 is 37.9. The summed E-state index contributed by atoms with van der Waals surface area (Å²) in [6.07, 6.45) is 4.52. The van der Waals surface area contributed by atoms with E-state index in [4.69, 9.17) is 5.73 Å². The van der Waals surface area contributed by atoms with E-state index in [1.807, 2.05) is 6.07 Å². The first-order chi connectivity index (χ1) is 9.84. The molecule has 1 fully saturated rings. The second-order valence-corrected chi connectivity index (χ2v) is 7.94.